The summed E-state index contributed by atoms with van der Waals surface area (Å²) in [5, 5.41) is 0. The van der Waals surface area contributed by atoms with Gasteiger partial charge < -0.3 is 0 Å². The molecular formula is C16H32N2O2S6. The highest BCUT2D eigenvalue weighted by Gasteiger charge is 2.04. The first kappa shape index (κ1) is 27.0. The summed E-state index contributed by atoms with van der Waals surface area (Å²) in [6.07, 6.45) is 12.9. The summed E-state index contributed by atoms with van der Waals surface area (Å²) >= 11 is 0. The van der Waals surface area contributed by atoms with Crippen molar-refractivity contribution in [3.05, 3.63) is 0 Å². The van der Waals surface area contributed by atoms with Crippen LogP contribution in [0.25, 0.3) is 0 Å². The minimum atomic E-state index is 0.109. The van der Waals surface area contributed by atoms with Crippen molar-refractivity contribution in [2.45, 2.75) is 90.9 Å². The highest BCUT2D eigenvalue weighted by atomic mass is 33.9. The molecule has 0 radical (unpaired) electrons. The lowest BCUT2D eigenvalue weighted by Gasteiger charge is -2.04. The van der Waals surface area contributed by atoms with Gasteiger partial charge in [0.05, 0.1) is 0 Å². The zero-order valence-electron chi connectivity index (χ0n) is 15.8. The lowest BCUT2D eigenvalue weighted by molar-refractivity contribution is -0.120. The van der Waals surface area contributed by atoms with E-state index < -0.39 is 0 Å². The predicted octanol–water partition coefficient (Wildman–Crippen LogP) is 7.74. The smallest absolute Gasteiger partial charge is 0.230 e. The van der Waals surface area contributed by atoms with E-state index in [2.05, 4.69) is 23.3 Å². The minimum Gasteiger partial charge on any atom is -0.290 e. The molecule has 10 heteroatoms. The van der Waals surface area contributed by atoms with E-state index in [1.807, 2.05) is 0 Å². The molecule has 0 aromatic carbocycles. The molecule has 0 aromatic heterocycles. The van der Waals surface area contributed by atoms with Crippen molar-refractivity contribution >= 4 is 73.1 Å². The zero-order chi connectivity index (χ0) is 19.3. The maximum atomic E-state index is 11.6. The molecule has 0 atom stereocenters. The van der Waals surface area contributed by atoms with Crippen molar-refractivity contribution in [2.75, 3.05) is 0 Å². The quantitative estimate of drug-likeness (QED) is 0.111. The molecule has 26 heavy (non-hydrogen) atoms. The van der Waals surface area contributed by atoms with Gasteiger partial charge in [-0.05, 0) is 12.8 Å². The van der Waals surface area contributed by atoms with Crippen molar-refractivity contribution in [1.82, 2.24) is 9.44 Å². The van der Waals surface area contributed by atoms with Crippen LogP contribution in [0.2, 0.25) is 0 Å². The number of hydrogen-bond donors (Lipinski definition) is 2. The summed E-state index contributed by atoms with van der Waals surface area (Å²) in [5.41, 5.74) is 0. The standard InChI is InChI=1S/C16H32N2O2S6/c1-3-5-7-9-11-13-15(19)17-21-23-25-26-24-22-18-16(20)14-12-10-8-6-4-2/h3-14H2,1-2H3,(H,17,19)(H,18,20). The Labute approximate surface area is 182 Å². The van der Waals surface area contributed by atoms with E-state index in [0.29, 0.717) is 12.8 Å². The van der Waals surface area contributed by atoms with Crippen LogP contribution >= 0.6 is 61.3 Å². The van der Waals surface area contributed by atoms with E-state index >= 15 is 0 Å². The molecule has 2 amide bonds. The Kier molecular flexibility index (Phi) is 23.2. The first-order chi connectivity index (χ1) is 12.7. The molecule has 0 aliphatic rings. The molecule has 0 aromatic rings. The second-order valence-corrected chi connectivity index (χ2v) is 14.6. The molecule has 0 fully saturated rings. The van der Waals surface area contributed by atoms with Crippen LogP contribution in [0, 0.1) is 0 Å². The summed E-state index contributed by atoms with van der Waals surface area (Å²) < 4.78 is 5.68. The number of carbonyl (C=O) groups excluding carboxylic acids is 2. The Morgan fingerprint density at radius 3 is 1.35 bits per heavy atom. The highest BCUT2D eigenvalue weighted by Crippen LogP contribution is 2.50. The first-order valence-corrected chi connectivity index (χ1v) is 16.8. The summed E-state index contributed by atoms with van der Waals surface area (Å²) in [4.78, 5) is 23.2. The van der Waals surface area contributed by atoms with Crippen LogP contribution in [0.3, 0.4) is 0 Å². The predicted molar refractivity (Wildman–Crippen MR) is 129 cm³/mol. The van der Waals surface area contributed by atoms with Crippen LogP contribution in [0.4, 0.5) is 0 Å². The van der Waals surface area contributed by atoms with Crippen molar-refractivity contribution in [3.8, 4) is 0 Å². The van der Waals surface area contributed by atoms with Crippen molar-refractivity contribution in [3.63, 3.8) is 0 Å². The fourth-order valence-electron chi connectivity index (χ4n) is 2.06. The van der Waals surface area contributed by atoms with Gasteiger partial charge in [0.25, 0.3) is 0 Å². The van der Waals surface area contributed by atoms with Gasteiger partial charge in [0.1, 0.15) is 0 Å². The second-order valence-electron chi connectivity index (χ2n) is 5.82. The average Bonchev–Trinajstić information content (AvgIpc) is 2.63. The van der Waals surface area contributed by atoms with Gasteiger partial charge in [0.2, 0.25) is 11.8 Å². The summed E-state index contributed by atoms with van der Waals surface area (Å²) in [6, 6.07) is 0. The van der Waals surface area contributed by atoms with Crippen molar-refractivity contribution < 1.29 is 9.59 Å². The maximum absolute atomic E-state index is 11.6. The summed E-state index contributed by atoms with van der Waals surface area (Å²) in [5.74, 6) is 0.218. The van der Waals surface area contributed by atoms with Crippen LogP contribution in [-0.2, 0) is 9.59 Å². The monoisotopic (exact) mass is 476 g/mol. The lowest BCUT2D eigenvalue weighted by Crippen LogP contribution is -2.13. The van der Waals surface area contributed by atoms with E-state index in [-0.39, 0.29) is 11.8 Å². The topological polar surface area (TPSA) is 58.2 Å². The third-order valence-corrected chi connectivity index (χ3v) is 13.0. The molecule has 0 aliphatic carbocycles. The molecule has 0 saturated carbocycles. The maximum Gasteiger partial charge on any atom is 0.230 e. The van der Waals surface area contributed by atoms with E-state index in [1.54, 1.807) is 19.7 Å². The Morgan fingerprint density at radius 1 is 0.577 bits per heavy atom. The van der Waals surface area contributed by atoms with Crippen molar-refractivity contribution in [2.24, 2.45) is 0 Å². The van der Waals surface area contributed by atoms with Crippen molar-refractivity contribution in [1.29, 1.82) is 0 Å². The number of unbranched alkanes of at least 4 members (excludes halogenated alkanes) is 8. The Hall–Kier alpha value is 1.04. The van der Waals surface area contributed by atoms with Gasteiger partial charge in [0.15, 0.2) is 0 Å². The van der Waals surface area contributed by atoms with Crippen LogP contribution in [0.5, 0.6) is 0 Å². The van der Waals surface area contributed by atoms with E-state index in [0.717, 1.165) is 25.7 Å². The highest BCUT2D eigenvalue weighted by molar-refractivity contribution is 9.41. The normalized spacial score (nSPS) is 10.7. The van der Waals surface area contributed by atoms with Gasteiger partial charge in [-0.2, -0.15) is 0 Å². The molecule has 0 spiro atoms. The molecule has 0 unspecified atom stereocenters. The Bertz CT molecular complexity index is 319. The van der Waals surface area contributed by atoms with E-state index in [9.17, 15) is 9.59 Å². The number of rotatable bonds is 19. The lowest BCUT2D eigenvalue weighted by atomic mass is 10.1. The molecule has 0 heterocycles. The fourth-order valence-corrected chi connectivity index (χ4v) is 11.6. The van der Waals surface area contributed by atoms with Gasteiger partial charge in [-0.3, -0.25) is 19.0 Å². The van der Waals surface area contributed by atoms with Crippen LogP contribution in [0.15, 0.2) is 0 Å². The van der Waals surface area contributed by atoms with Crippen LogP contribution in [-0.4, -0.2) is 11.8 Å². The largest absolute Gasteiger partial charge is 0.290 e. The molecule has 154 valence electrons. The molecule has 0 rings (SSSR count). The SMILES string of the molecule is CCCCCCCC(=O)NSSSSSSNC(=O)CCCCCCC. The molecule has 0 bridgehead atoms. The van der Waals surface area contributed by atoms with E-state index in [4.69, 9.17) is 0 Å². The van der Waals surface area contributed by atoms with Crippen LogP contribution < -0.4 is 9.44 Å². The molecule has 2 N–H and O–H groups in total. The second kappa shape index (κ2) is 22.3. The average molecular weight is 477 g/mol. The molecule has 0 saturated heterocycles. The van der Waals surface area contributed by atoms with Gasteiger partial charge >= 0.3 is 0 Å². The van der Waals surface area contributed by atoms with E-state index in [1.165, 1.54) is 80.1 Å². The van der Waals surface area contributed by atoms with Crippen LogP contribution in [0.1, 0.15) is 90.9 Å². The van der Waals surface area contributed by atoms with Gasteiger partial charge in [-0.1, -0.05) is 65.2 Å². The zero-order valence-corrected chi connectivity index (χ0v) is 20.7. The number of hydrogen-bond acceptors (Lipinski definition) is 8. The number of carbonyl (C=O) groups is 2. The van der Waals surface area contributed by atoms with Gasteiger partial charge in [-0.25, -0.2) is 0 Å². The Morgan fingerprint density at radius 2 is 0.962 bits per heavy atom. The number of amides is 2. The van der Waals surface area contributed by atoms with Gasteiger partial charge in [0, 0.05) is 74.1 Å². The fraction of sp³-hybridized carbons (Fsp3) is 0.875. The third kappa shape index (κ3) is 21.3. The third-order valence-electron chi connectivity index (χ3n) is 3.48. The molecule has 4 nitrogen and oxygen atoms in total. The summed E-state index contributed by atoms with van der Waals surface area (Å²) in [6.45, 7) is 4.38. The first-order valence-electron chi connectivity index (χ1n) is 9.27. The minimum absolute atomic E-state index is 0.109. The van der Waals surface area contributed by atoms with Gasteiger partial charge in [-0.15, -0.1) is 0 Å². The Balaban J connectivity index is 3.25. The molecular weight excluding hydrogens is 445 g/mol. The molecule has 0 aliphatic heterocycles. The number of nitrogens with one attached hydrogen (secondary N) is 2. The summed E-state index contributed by atoms with van der Waals surface area (Å²) in [7, 11) is 8.94.